The van der Waals surface area contributed by atoms with Crippen molar-refractivity contribution in [3.8, 4) is 39.7 Å². The van der Waals surface area contributed by atoms with E-state index in [9.17, 15) is 9.18 Å². The zero-order valence-corrected chi connectivity index (χ0v) is 26.0. The average Bonchev–Trinajstić information content (AvgIpc) is 3.60. The summed E-state index contributed by atoms with van der Waals surface area (Å²) in [5, 5.41) is 11.4. The van der Waals surface area contributed by atoms with Crippen molar-refractivity contribution in [2.45, 2.75) is 13.3 Å². The van der Waals surface area contributed by atoms with Gasteiger partial charge in [0.05, 0.1) is 22.6 Å². The third kappa shape index (κ3) is 6.22. The molecule has 2 aromatic carbocycles. The van der Waals surface area contributed by atoms with Gasteiger partial charge in [-0.1, -0.05) is 6.92 Å². The van der Waals surface area contributed by atoms with Gasteiger partial charge in [-0.3, -0.25) is 14.9 Å². The standard InChI is InChI=1S/C32H29FIN7O2/c1-4-29(42)36-22-13-18(12-21(34)16-22)25-5-6-27-31(38-25)32(40-39-27)28-17-24-26(37-28)7-8-35-30(24)19-11-20(33)15-23(14-19)43-10-9-41(2)3/h5-8,11-17,37H,4,9-10H2,1-3H3,(H,36,42)(H,39,40). The molecule has 0 unspecified atom stereocenters. The number of ether oxygens (including phenoxy) is 1. The second-order valence-corrected chi connectivity index (χ2v) is 11.7. The van der Waals surface area contributed by atoms with E-state index in [1.807, 2.05) is 74.4 Å². The van der Waals surface area contributed by atoms with Gasteiger partial charge in [0.1, 0.15) is 29.4 Å². The first-order valence-corrected chi connectivity index (χ1v) is 14.9. The number of fused-ring (bicyclic) bond motifs is 2. The Labute approximate surface area is 261 Å². The minimum Gasteiger partial charge on any atom is -0.492 e. The Morgan fingerprint density at radius 1 is 1.02 bits per heavy atom. The molecule has 0 atom stereocenters. The maximum Gasteiger partial charge on any atom is 0.224 e. The Hall–Kier alpha value is -4.36. The first-order valence-electron chi connectivity index (χ1n) is 13.8. The van der Waals surface area contributed by atoms with Crippen LogP contribution in [0.3, 0.4) is 0 Å². The summed E-state index contributed by atoms with van der Waals surface area (Å²) in [6, 6.07) is 18.2. The number of rotatable bonds is 9. The molecule has 0 fully saturated rings. The molecule has 1 amide bonds. The summed E-state index contributed by atoms with van der Waals surface area (Å²) < 4.78 is 21.4. The molecule has 218 valence electrons. The van der Waals surface area contributed by atoms with Crippen molar-refractivity contribution in [2.24, 2.45) is 0 Å². The van der Waals surface area contributed by atoms with E-state index in [1.165, 1.54) is 12.1 Å². The smallest absolute Gasteiger partial charge is 0.224 e. The number of carbonyl (C=O) groups is 1. The van der Waals surface area contributed by atoms with Crippen LogP contribution in [0.25, 0.3) is 55.8 Å². The van der Waals surface area contributed by atoms with Gasteiger partial charge in [-0.05, 0) is 91.3 Å². The fourth-order valence-corrected chi connectivity index (χ4v) is 5.52. The highest BCUT2D eigenvalue weighted by Crippen LogP contribution is 2.35. The van der Waals surface area contributed by atoms with Gasteiger partial charge < -0.3 is 19.9 Å². The minimum atomic E-state index is -0.394. The van der Waals surface area contributed by atoms with Crippen molar-refractivity contribution in [2.75, 3.05) is 32.6 Å². The van der Waals surface area contributed by atoms with E-state index in [2.05, 4.69) is 48.1 Å². The number of nitrogens with zero attached hydrogens (tertiary/aromatic N) is 4. The summed E-state index contributed by atoms with van der Waals surface area (Å²) in [5.74, 6) is 0.0110. The lowest BCUT2D eigenvalue weighted by atomic mass is 10.1. The molecular weight excluding hydrogens is 660 g/mol. The van der Waals surface area contributed by atoms with Crippen LogP contribution in [0.5, 0.6) is 5.75 Å². The summed E-state index contributed by atoms with van der Waals surface area (Å²) in [7, 11) is 3.92. The number of nitrogens with one attached hydrogen (secondary N) is 3. The number of hydrogen-bond donors (Lipinski definition) is 3. The lowest BCUT2D eigenvalue weighted by molar-refractivity contribution is -0.115. The topological polar surface area (TPSA) is 112 Å². The van der Waals surface area contributed by atoms with Crippen LogP contribution >= 0.6 is 22.6 Å². The van der Waals surface area contributed by atoms with Crippen LogP contribution in [-0.2, 0) is 4.79 Å². The summed E-state index contributed by atoms with van der Waals surface area (Å²) in [4.78, 5) is 27.0. The molecule has 3 N–H and O–H groups in total. The van der Waals surface area contributed by atoms with E-state index in [0.717, 1.165) is 42.6 Å². The number of anilines is 1. The Morgan fingerprint density at radius 2 is 1.88 bits per heavy atom. The van der Waals surface area contributed by atoms with Crippen molar-refractivity contribution < 1.29 is 13.9 Å². The number of carbonyl (C=O) groups excluding carboxylic acids is 1. The second kappa shape index (κ2) is 12.1. The largest absolute Gasteiger partial charge is 0.492 e. The molecule has 9 nitrogen and oxygen atoms in total. The highest BCUT2D eigenvalue weighted by molar-refractivity contribution is 14.1. The van der Waals surface area contributed by atoms with E-state index < -0.39 is 5.82 Å². The fourth-order valence-electron chi connectivity index (χ4n) is 4.85. The molecule has 0 aliphatic carbocycles. The SMILES string of the molecule is CCC(=O)Nc1cc(I)cc(-c2ccc3[nH]nc(-c4cc5c(-c6cc(F)cc(OCCN(C)C)c6)nccc5[nH]4)c3n2)c1. The van der Waals surface area contributed by atoms with Gasteiger partial charge in [0.15, 0.2) is 0 Å². The molecule has 0 spiro atoms. The van der Waals surface area contributed by atoms with Crippen molar-refractivity contribution in [1.29, 1.82) is 0 Å². The number of benzene rings is 2. The van der Waals surface area contributed by atoms with Crippen molar-refractivity contribution in [3.63, 3.8) is 0 Å². The number of hydrogen-bond acceptors (Lipinski definition) is 6. The zero-order chi connectivity index (χ0) is 30.1. The Balaban J connectivity index is 1.38. The number of aromatic nitrogens is 5. The van der Waals surface area contributed by atoms with Gasteiger partial charge in [0.25, 0.3) is 0 Å². The number of aromatic amines is 2. The fraction of sp³-hybridized carbons (Fsp3) is 0.188. The number of H-pyrrole nitrogens is 2. The van der Waals surface area contributed by atoms with Gasteiger partial charge >= 0.3 is 0 Å². The third-order valence-electron chi connectivity index (χ3n) is 6.96. The summed E-state index contributed by atoms with van der Waals surface area (Å²) in [5.41, 5.74) is 7.31. The maximum absolute atomic E-state index is 14.6. The summed E-state index contributed by atoms with van der Waals surface area (Å²) in [6.45, 7) is 2.98. The zero-order valence-electron chi connectivity index (χ0n) is 23.8. The van der Waals surface area contributed by atoms with Crippen LogP contribution in [0.15, 0.2) is 66.9 Å². The van der Waals surface area contributed by atoms with Crippen LogP contribution in [-0.4, -0.2) is 63.2 Å². The summed E-state index contributed by atoms with van der Waals surface area (Å²) >= 11 is 2.24. The van der Waals surface area contributed by atoms with Crippen molar-refractivity contribution >= 4 is 56.1 Å². The van der Waals surface area contributed by atoms with Crippen LogP contribution in [0.4, 0.5) is 10.1 Å². The van der Waals surface area contributed by atoms with Gasteiger partial charge in [-0.25, -0.2) is 9.37 Å². The highest BCUT2D eigenvalue weighted by atomic mass is 127. The predicted octanol–water partition coefficient (Wildman–Crippen LogP) is 6.87. The highest BCUT2D eigenvalue weighted by Gasteiger charge is 2.17. The predicted molar refractivity (Wildman–Crippen MR) is 175 cm³/mol. The molecule has 0 saturated carbocycles. The van der Waals surface area contributed by atoms with Crippen LogP contribution in [0.2, 0.25) is 0 Å². The monoisotopic (exact) mass is 689 g/mol. The first kappa shape index (κ1) is 28.7. The van der Waals surface area contributed by atoms with Gasteiger partial charge in [0.2, 0.25) is 5.91 Å². The molecule has 0 aliphatic rings. The van der Waals surface area contributed by atoms with Crippen LogP contribution in [0, 0.1) is 9.39 Å². The average molecular weight is 690 g/mol. The molecule has 0 aliphatic heterocycles. The van der Waals surface area contributed by atoms with Gasteiger partial charge in [-0.2, -0.15) is 5.10 Å². The molecule has 4 heterocycles. The Bertz CT molecular complexity index is 1970. The molecule has 0 saturated heterocycles. The number of likely N-dealkylation sites (N-methyl/N-ethyl adjacent to an activating group) is 1. The number of halogens is 2. The molecule has 0 bridgehead atoms. The molecule has 6 rings (SSSR count). The van der Waals surface area contributed by atoms with Crippen molar-refractivity contribution in [3.05, 3.63) is 76.2 Å². The quantitative estimate of drug-likeness (QED) is 0.143. The maximum atomic E-state index is 14.6. The normalized spacial score (nSPS) is 11.5. The first-order chi connectivity index (χ1) is 20.8. The number of pyridine rings is 2. The molecule has 4 aromatic heterocycles. The Kier molecular flexibility index (Phi) is 8.08. The Morgan fingerprint density at radius 3 is 2.70 bits per heavy atom. The van der Waals surface area contributed by atoms with Crippen LogP contribution < -0.4 is 10.1 Å². The van der Waals surface area contributed by atoms with E-state index >= 15 is 0 Å². The van der Waals surface area contributed by atoms with E-state index in [-0.39, 0.29) is 5.91 Å². The van der Waals surface area contributed by atoms with Crippen LogP contribution in [0.1, 0.15) is 13.3 Å². The van der Waals surface area contributed by atoms with E-state index in [0.29, 0.717) is 47.8 Å². The van der Waals surface area contributed by atoms with Crippen molar-refractivity contribution in [1.82, 2.24) is 30.0 Å². The molecule has 0 radical (unpaired) electrons. The molecule has 11 heteroatoms. The number of amides is 1. The summed E-state index contributed by atoms with van der Waals surface area (Å²) in [6.07, 6.45) is 2.09. The van der Waals surface area contributed by atoms with E-state index in [1.54, 1.807) is 6.20 Å². The lowest BCUT2D eigenvalue weighted by Crippen LogP contribution is -2.19. The molecular formula is C32H29FIN7O2. The minimum absolute atomic E-state index is 0.0486. The second-order valence-electron chi connectivity index (χ2n) is 10.4. The lowest BCUT2D eigenvalue weighted by Gasteiger charge is -2.12. The third-order valence-corrected chi connectivity index (χ3v) is 7.58. The van der Waals surface area contributed by atoms with Gasteiger partial charge in [0, 0.05) is 56.5 Å². The molecule has 6 aromatic rings. The van der Waals surface area contributed by atoms with E-state index in [4.69, 9.17) is 9.72 Å². The molecule has 43 heavy (non-hydrogen) atoms. The van der Waals surface area contributed by atoms with Gasteiger partial charge in [-0.15, -0.1) is 0 Å².